The van der Waals surface area contributed by atoms with E-state index >= 15 is 0 Å². The van der Waals surface area contributed by atoms with Crippen LogP contribution in [0.4, 0.5) is 5.82 Å². The highest BCUT2D eigenvalue weighted by molar-refractivity contribution is 6.33. The fraction of sp³-hybridized carbons (Fsp3) is 0.500. The Bertz CT molecular complexity index is 488. The summed E-state index contributed by atoms with van der Waals surface area (Å²) in [5.74, 6) is 5.41. The monoisotopic (exact) mass is 300 g/mol. The summed E-state index contributed by atoms with van der Waals surface area (Å²) in [5, 5.41) is 0.295. The number of pyridine rings is 1. The van der Waals surface area contributed by atoms with Crippen molar-refractivity contribution in [2.45, 2.75) is 12.2 Å². The number of aromatic nitrogens is 1. The van der Waals surface area contributed by atoms with Crippen LogP contribution in [0.25, 0.3) is 0 Å². The van der Waals surface area contributed by atoms with Gasteiger partial charge in [0.1, 0.15) is 12.2 Å². The molecule has 0 aromatic carbocycles. The van der Waals surface area contributed by atoms with E-state index in [-0.39, 0.29) is 18.1 Å². The number of nitrogen functional groups attached to an aromatic ring is 1. The Morgan fingerprint density at radius 2 is 2.05 bits per heavy atom. The number of methoxy groups -OCH3 is 2. The zero-order chi connectivity index (χ0) is 14.7. The molecule has 3 N–H and O–H groups in total. The summed E-state index contributed by atoms with van der Waals surface area (Å²) in [7, 11) is 3.20. The number of halogens is 1. The SMILES string of the molecule is COC1CN(C(=O)c2cnc(NN)c(Cl)c2)CC1OC. The summed E-state index contributed by atoms with van der Waals surface area (Å²) in [6, 6.07) is 1.54. The normalized spacial score (nSPS) is 22.1. The number of likely N-dealkylation sites (tertiary alicyclic amines) is 1. The minimum Gasteiger partial charge on any atom is -0.377 e. The number of ether oxygens (including phenoxy) is 2. The molecule has 1 aliphatic heterocycles. The summed E-state index contributed by atoms with van der Waals surface area (Å²) in [6.45, 7) is 0.949. The summed E-state index contributed by atoms with van der Waals surface area (Å²) in [4.78, 5) is 18.0. The van der Waals surface area contributed by atoms with Gasteiger partial charge in [0.2, 0.25) is 0 Å². The van der Waals surface area contributed by atoms with Crippen molar-refractivity contribution in [3.63, 3.8) is 0 Å². The first-order chi connectivity index (χ1) is 9.60. The van der Waals surface area contributed by atoms with Crippen molar-refractivity contribution in [3.8, 4) is 0 Å². The van der Waals surface area contributed by atoms with Crippen LogP contribution in [0.3, 0.4) is 0 Å². The Hall–Kier alpha value is -1.41. The van der Waals surface area contributed by atoms with Crippen LogP contribution in [0, 0.1) is 0 Å². The van der Waals surface area contributed by atoms with E-state index in [0.717, 1.165) is 0 Å². The lowest BCUT2D eigenvalue weighted by molar-refractivity contribution is -0.00461. The first kappa shape index (κ1) is 15.0. The highest BCUT2D eigenvalue weighted by atomic mass is 35.5. The lowest BCUT2D eigenvalue weighted by Gasteiger charge is -2.16. The fourth-order valence-electron chi connectivity index (χ4n) is 2.21. The number of amides is 1. The number of carbonyl (C=O) groups is 1. The van der Waals surface area contributed by atoms with Gasteiger partial charge in [0.25, 0.3) is 5.91 Å². The van der Waals surface area contributed by atoms with Gasteiger partial charge in [-0.15, -0.1) is 0 Å². The molecule has 0 saturated carbocycles. The number of nitrogens with zero attached hydrogens (tertiary/aromatic N) is 2. The molecule has 2 rings (SSSR count). The molecule has 1 aromatic heterocycles. The highest BCUT2D eigenvalue weighted by Crippen LogP contribution is 2.22. The molecule has 2 atom stereocenters. The van der Waals surface area contributed by atoms with Crippen LogP contribution in [-0.4, -0.2) is 55.3 Å². The third kappa shape index (κ3) is 2.85. The van der Waals surface area contributed by atoms with Gasteiger partial charge in [0.15, 0.2) is 5.82 Å². The van der Waals surface area contributed by atoms with E-state index in [9.17, 15) is 4.79 Å². The average Bonchev–Trinajstić information content (AvgIpc) is 2.89. The molecule has 0 spiro atoms. The molecule has 8 heteroatoms. The number of rotatable bonds is 4. The zero-order valence-electron chi connectivity index (χ0n) is 11.3. The molecular formula is C12H17ClN4O3. The first-order valence-corrected chi connectivity index (χ1v) is 6.45. The number of hydrogen-bond acceptors (Lipinski definition) is 6. The Balaban J connectivity index is 2.14. The first-order valence-electron chi connectivity index (χ1n) is 6.07. The van der Waals surface area contributed by atoms with Crippen molar-refractivity contribution < 1.29 is 14.3 Å². The highest BCUT2D eigenvalue weighted by Gasteiger charge is 2.36. The standard InChI is InChI=1S/C12H17ClN4O3/c1-19-9-5-17(6-10(9)20-2)12(18)7-3-8(13)11(16-14)15-4-7/h3-4,9-10H,5-6,14H2,1-2H3,(H,15,16). The largest absolute Gasteiger partial charge is 0.377 e. The number of anilines is 1. The van der Waals surface area contributed by atoms with Gasteiger partial charge >= 0.3 is 0 Å². The van der Waals surface area contributed by atoms with Gasteiger partial charge in [0.05, 0.1) is 10.6 Å². The van der Waals surface area contributed by atoms with E-state index in [4.69, 9.17) is 26.9 Å². The fourth-order valence-corrected chi connectivity index (χ4v) is 2.43. The second-order valence-corrected chi connectivity index (χ2v) is 4.86. The van der Waals surface area contributed by atoms with Crippen molar-refractivity contribution in [1.82, 2.24) is 9.88 Å². The van der Waals surface area contributed by atoms with E-state index in [1.807, 2.05) is 0 Å². The van der Waals surface area contributed by atoms with Crippen molar-refractivity contribution in [2.75, 3.05) is 32.7 Å². The van der Waals surface area contributed by atoms with Crippen LogP contribution in [0.2, 0.25) is 5.02 Å². The van der Waals surface area contributed by atoms with E-state index in [2.05, 4.69) is 10.4 Å². The summed E-state index contributed by atoms with van der Waals surface area (Å²) in [5.41, 5.74) is 2.76. The van der Waals surface area contributed by atoms with E-state index in [0.29, 0.717) is 29.5 Å². The van der Waals surface area contributed by atoms with E-state index in [1.54, 1.807) is 19.1 Å². The van der Waals surface area contributed by atoms with Crippen molar-refractivity contribution in [2.24, 2.45) is 5.84 Å². The number of hydrazine groups is 1. The maximum Gasteiger partial charge on any atom is 0.255 e. The molecule has 110 valence electrons. The van der Waals surface area contributed by atoms with Crippen LogP contribution in [0.1, 0.15) is 10.4 Å². The topological polar surface area (TPSA) is 89.7 Å². The maximum absolute atomic E-state index is 12.4. The lowest BCUT2D eigenvalue weighted by Crippen LogP contribution is -2.30. The van der Waals surface area contributed by atoms with Gasteiger partial charge in [-0.1, -0.05) is 11.6 Å². The van der Waals surface area contributed by atoms with Gasteiger partial charge in [-0.25, -0.2) is 10.8 Å². The molecule has 1 aliphatic rings. The Morgan fingerprint density at radius 1 is 1.45 bits per heavy atom. The van der Waals surface area contributed by atoms with Gasteiger partial charge in [0, 0.05) is 33.5 Å². The molecule has 0 radical (unpaired) electrons. The van der Waals surface area contributed by atoms with Gasteiger partial charge < -0.3 is 19.8 Å². The predicted octanol–water partition coefficient (Wildman–Crippen LogP) is 0.506. The van der Waals surface area contributed by atoms with Crippen LogP contribution in [0.5, 0.6) is 0 Å². The second-order valence-electron chi connectivity index (χ2n) is 4.46. The third-order valence-corrected chi connectivity index (χ3v) is 3.62. The molecule has 0 aliphatic carbocycles. The van der Waals surface area contributed by atoms with Crippen LogP contribution in [-0.2, 0) is 9.47 Å². The van der Waals surface area contributed by atoms with Gasteiger partial charge in [-0.2, -0.15) is 0 Å². The zero-order valence-corrected chi connectivity index (χ0v) is 12.1. The molecule has 2 unspecified atom stereocenters. The molecule has 1 saturated heterocycles. The maximum atomic E-state index is 12.4. The number of hydrogen-bond donors (Lipinski definition) is 2. The van der Waals surface area contributed by atoms with Gasteiger partial charge in [-0.05, 0) is 6.07 Å². The minimum atomic E-state index is -0.162. The van der Waals surface area contributed by atoms with E-state index < -0.39 is 0 Å². The molecule has 1 aromatic rings. The summed E-state index contributed by atoms with van der Waals surface area (Å²) >= 11 is 5.97. The lowest BCUT2D eigenvalue weighted by atomic mass is 10.2. The minimum absolute atomic E-state index is 0.127. The van der Waals surface area contributed by atoms with Gasteiger partial charge in [-0.3, -0.25) is 4.79 Å². The Morgan fingerprint density at radius 3 is 2.50 bits per heavy atom. The van der Waals surface area contributed by atoms with E-state index in [1.165, 1.54) is 12.3 Å². The molecular weight excluding hydrogens is 284 g/mol. The van der Waals surface area contributed by atoms with Crippen molar-refractivity contribution in [1.29, 1.82) is 0 Å². The second kappa shape index (κ2) is 6.36. The molecule has 1 fully saturated rings. The Kier molecular flexibility index (Phi) is 4.77. The predicted molar refractivity (Wildman–Crippen MR) is 74.6 cm³/mol. The van der Waals surface area contributed by atoms with Crippen LogP contribution in [0.15, 0.2) is 12.3 Å². The molecule has 1 amide bonds. The van der Waals surface area contributed by atoms with Crippen LogP contribution >= 0.6 is 11.6 Å². The summed E-state index contributed by atoms with van der Waals surface area (Å²) in [6.07, 6.45) is 1.18. The quantitative estimate of drug-likeness (QED) is 0.622. The van der Waals surface area contributed by atoms with Crippen molar-refractivity contribution >= 4 is 23.3 Å². The smallest absolute Gasteiger partial charge is 0.255 e. The number of nitrogens with two attached hydrogens (primary N) is 1. The number of nitrogens with one attached hydrogen (secondary N) is 1. The van der Waals surface area contributed by atoms with Crippen molar-refractivity contribution in [3.05, 3.63) is 22.8 Å². The molecule has 2 heterocycles. The average molecular weight is 301 g/mol. The molecule has 0 bridgehead atoms. The summed E-state index contributed by atoms with van der Waals surface area (Å²) < 4.78 is 10.6. The van der Waals surface area contributed by atoms with Crippen LogP contribution < -0.4 is 11.3 Å². The number of carbonyl (C=O) groups excluding carboxylic acids is 1. The Labute approximate surface area is 122 Å². The molecule has 20 heavy (non-hydrogen) atoms. The third-order valence-electron chi connectivity index (χ3n) is 3.33. The molecule has 7 nitrogen and oxygen atoms in total.